The van der Waals surface area contributed by atoms with Crippen LogP contribution in [0.1, 0.15) is 19.8 Å². The van der Waals surface area contributed by atoms with Crippen molar-refractivity contribution in [1.29, 1.82) is 0 Å². The van der Waals surface area contributed by atoms with Gasteiger partial charge in [-0.2, -0.15) is 0 Å². The molecular weight excluding hydrogens is 212 g/mol. The number of hydrogen-bond donors (Lipinski definition) is 1. The van der Waals surface area contributed by atoms with Crippen molar-refractivity contribution in [3.05, 3.63) is 0 Å². The van der Waals surface area contributed by atoms with Gasteiger partial charge in [0.25, 0.3) is 0 Å². The Bertz CT molecular complexity index is 263. The molecule has 1 aliphatic rings. The lowest BCUT2D eigenvalue weighted by Crippen LogP contribution is -2.46. The Morgan fingerprint density at radius 2 is 1.93 bits per heavy atom. The van der Waals surface area contributed by atoms with Gasteiger partial charge in [-0.05, 0) is 26.4 Å². The molecule has 0 amide bonds. The van der Waals surface area contributed by atoms with Crippen LogP contribution in [0.15, 0.2) is 0 Å². The van der Waals surface area contributed by atoms with Crippen molar-refractivity contribution in [3.63, 3.8) is 0 Å². The standard InChI is InChI=1S/C10H22N2O2S/c1-3-10(4-5-11-2)12-6-8-15(13,14)9-7-12/h10-11H,3-9H2,1-2H3. The smallest absolute Gasteiger partial charge is 0.152 e. The third-order valence-electron chi connectivity index (χ3n) is 3.09. The molecule has 0 aromatic rings. The average molecular weight is 234 g/mol. The second-order valence-corrected chi connectivity index (χ2v) is 6.45. The van der Waals surface area contributed by atoms with Gasteiger partial charge in [-0.1, -0.05) is 6.92 Å². The van der Waals surface area contributed by atoms with Crippen molar-refractivity contribution in [3.8, 4) is 0 Å². The molecule has 1 atom stereocenters. The van der Waals surface area contributed by atoms with E-state index in [9.17, 15) is 8.42 Å². The molecule has 0 aromatic heterocycles. The van der Waals surface area contributed by atoms with Crippen molar-refractivity contribution >= 4 is 9.84 Å². The van der Waals surface area contributed by atoms with E-state index in [4.69, 9.17) is 0 Å². The Morgan fingerprint density at radius 3 is 2.40 bits per heavy atom. The minimum atomic E-state index is -2.74. The summed E-state index contributed by atoms with van der Waals surface area (Å²) >= 11 is 0. The number of hydrogen-bond acceptors (Lipinski definition) is 4. The summed E-state index contributed by atoms with van der Waals surface area (Å²) < 4.78 is 22.6. The highest BCUT2D eigenvalue weighted by atomic mass is 32.2. The fourth-order valence-corrected chi connectivity index (χ4v) is 3.28. The number of rotatable bonds is 5. The molecule has 0 bridgehead atoms. The van der Waals surface area contributed by atoms with E-state index < -0.39 is 9.84 Å². The summed E-state index contributed by atoms with van der Waals surface area (Å²) in [6.07, 6.45) is 2.20. The van der Waals surface area contributed by atoms with Gasteiger partial charge in [-0.15, -0.1) is 0 Å². The molecule has 1 saturated heterocycles. The normalized spacial score (nSPS) is 23.9. The van der Waals surface area contributed by atoms with Crippen molar-refractivity contribution in [1.82, 2.24) is 10.2 Å². The van der Waals surface area contributed by atoms with Gasteiger partial charge in [0, 0.05) is 19.1 Å². The maximum atomic E-state index is 11.3. The van der Waals surface area contributed by atoms with Crippen LogP contribution in [0.25, 0.3) is 0 Å². The molecule has 1 aliphatic heterocycles. The first-order valence-electron chi connectivity index (χ1n) is 5.68. The highest BCUT2D eigenvalue weighted by molar-refractivity contribution is 7.91. The molecule has 0 saturated carbocycles. The number of nitrogens with zero attached hydrogens (tertiary/aromatic N) is 1. The van der Waals surface area contributed by atoms with Crippen molar-refractivity contribution in [2.24, 2.45) is 0 Å². The molecule has 0 radical (unpaired) electrons. The molecule has 1 fully saturated rings. The van der Waals surface area contributed by atoms with Crippen LogP contribution in [0, 0.1) is 0 Å². The van der Waals surface area contributed by atoms with Crippen LogP contribution < -0.4 is 5.32 Å². The Labute approximate surface area is 93.0 Å². The zero-order valence-corrected chi connectivity index (χ0v) is 10.5. The lowest BCUT2D eigenvalue weighted by molar-refractivity contribution is 0.196. The summed E-state index contributed by atoms with van der Waals surface area (Å²) in [4.78, 5) is 2.32. The highest BCUT2D eigenvalue weighted by Gasteiger charge is 2.25. The first kappa shape index (κ1) is 12.9. The van der Waals surface area contributed by atoms with Crippen molar-refractivity contribution in [2.75, 3.05) is 38.2 Å². The van der Waals surface area contributed by atoms with Crippen LogP contribution in [-0.2, 0) is 9.84 Å². The SMILES string of the molecule is CCC(CCNC)N1CCS(=O)(=O)CC1. The Balaban J connectivity index is 2.42. The van der Waals surface area contributed by atoms with E-state index in [0.29, 0.717) is 30.6 Å². The molecule has 15 heavy (non-hydrogen) atoms. The van der Waals surface area contributed by atoms with Gasteiger partial charge in [0.1, 0.15) is 0 Å². The van der Waals surface area contributed by atoms with Gasteiger partial charge in [-0.25, -0.2) is 8.42 Å². The van der Waals surface area contributed by atoms with Gasteiger partial charge in [-0.3, -0.25) is 4.90 Å². The lowest BCUT2D eigenvalue weighted by atomic mass is 10.1. The average Bonchev–Trinajstić information content (AvgIpc) is 2.21. The maximum Gasteiger partial charge on any atom is 0.152 e. The molecule has 0 spiro atoms. The lowest BCUT2D eigenvalue weighted by Gasteiger charge is -2.33. The van der Waals surface area contributed by atoms with Crippen LogP contribution in [0.4, 0.5) is 0 Å². The van der Waals surface area contributed by atoms with E-state index in [0.717, 1.165) is 19.4 Å². The van der Waals surface area contributed by atoms with Crippen LogP contribution in [0.3, 0.4) is 0 Å². The molecule has 0 aliphatic carbocycles. The summed E-state index contributed by atoms with van der Waals surface area (Å²) in [5.74, 6) is 0.673. The molecule has 1 unspecified atom stereocenters. The largest absolute Gasteiger partial charge is 0.320 e. The first-order valence-corrected chi connectivity index (χ1v) is 7.50. The molecule has 1 heterocycles. The molecule has 0 aromatic carbocycles. The summed E-state index contributed by atoms with van der Waals surface area (Å²) in [5, 5.41) is 3.14. The predicted octanol–water partition coefficient (Wildman–Crippen LogP) is 0.105. The molecule has 5 heteroatoms. The van der Waals surface area contributed by atoms with E-state index in [-0.39, 0.29) is 0 Å². The van der Waals surface area contributed by atoms with E-state index in [1.807, 2.05) is 7.05 Å². The van der Waals surface area contributed by atoms with Gasteiger partial charge < -0.3 is 5.32 Å². The van der Waals surface area contributed by atoms with E-state index >= 15 is 0 Å². The molecule has 4 nitrogen and oxygen atoms in total. The summed E-state index contributed by atoms with van der Waals surface area (Å²) in [6.45, 7) is 4.60. The second kappa shape index (κ2) is 5.82. The number of sulfone groups is 1. The fraction of sp³-hybridized carbons (Fsp3) is 1.00. The quantitative estimate of drug-likeness (QED) is 0.733. The summed E-state index contributed by atoms with van der Waals surface area (Å²) in [7, 11) is -0.783. The monoisotopic (exact) mass is 234 g/mol. The second-order valence-electron chi connectivity index (χ2n) is 4.14. The van der Waals surface area contributed by atoms with E-state index in [1.54, 1.807) is 0 Å². The summed E-state index contributed by atoms with van der Waals surface area (Å²) in [5.41, 5.74) is 0. The highest BCUT2D eigenvalue weighted by Crippen LogP contribution is 2.12. The summed E-state index contributed by atoms with van der Waals surface area (Å²) in [6, 6.07) is 0.535. The van der Waals surface area contributed by atoms with Gasteiger partial charge in [0.15, 0.2) is 9.84 Å². The van der Waals surface area contributed by atoms with Crippen LogP contribution in [0.2, 0.25) is 0 Å². The Hall–Kier alpha value is -0.130. The Kier molecular flexibility index (Phi) is 5.02. The van der Waals surface area contributed by atoms with Gasteiger partial charge >= 0.3 is 0 Å². The Morgan fingerprint density at radius 1 is 1.33 bits per heavy atom. The van der Waals surface area contributed by atoms with Gasteiger partial charge in [0.05, 0.1) is 11.5 Å². The van der Waals surface area contributed by atoms with Crippen LogP contribution in [-0.4, -0.2) is 57.5 Å². The van der Waals surface area contributed by atoms with Crippen LogP contribution >= 0.6 is 0 Å². The zero-order chi connectivity index (χ0) is 11.3. The first-order chi connectivity index (χ1) is 7.09. The van der Waals surface area contributed by atoms with Gasteiger partial charge in [0.2, 0.25) is 0 Å². The van der Waals surface area contributed by atoms with Crippen LogP contribution in [0.5, 0.6) is 0 Å². The topological polar surface area (TPSA) is 49.4 Å². The minimum absolute atomic E-state index is 0.336. The minimum Gasteiger partial charge on any atom is -0.320 e. The third-order valence-corrected chi connectivity index (χ3v) is 4.70. The molecule has 1 N–H and O–H groups in total. The molecular formula is C10H22N2O2S. The molecule has 90 valence electrons. The maximum absolute atomic E-state index is 11.3. The molecule has 1 rings (SSSR count). The van der Waals surface area contributed by atoms with E-state index in [2.05, 4.69) is 17.1 Å². The number of nitrogens with one attached hydrogen (secondary N) is 1. The third kappa shape index (κ3) is 4.09. The fourth-order valence-electron chi connectivity index (χ4n) is 2.05. The zero-order valence-electron chi connectivity index (χ0n) is 9.70. The predicted molar refractivity (Wildman–Crippen MR) is 62.8 cm³/mol. The van der Waals surface area contributed by atoms with Crippen molar-refractivity contribution in [2.45, 2.75) is 25.8 Å². The van der Waals surface area contributed by atoms with Crippen molar-refractivity contribution < 1.29 is 8.42 Å². The van der Waals surface area contributed by atoms with E-state index in [1.165, 1.54) is 0 Å².